The van der Waals surface area contributed by atoms with Gasteiger partial charge in [0, 0.05) is 23.1 Å². The molecule has 1 unspecified atom stereocenters. The van der Waals surface area contributed by atoms with Gasteiger partial charge in [-0.2, -0.15) is 10.4 Å². The molecule has 11 heteroatoms. The van der Waals surface area contributed by atoms with Crippen LogP contribution in [0.25, 0.3) is 0 Å². The van der Waals surface area contributed by atoms with Crippen molar-refractivity contribution in [3.63, 3.8) is 0 Å². The van der Waals surface area contributed by atoms with E-state index in [0.717, 1.165) is 0 Å². The second kappa shape index (κ2) is 11.5. The van der Waals surface area contributed by atoms with Crippen LogP contribution in [0.15, 0.2) is 53.1 Å². The lowest BCUT2D eigenvalue weighted by atomic mass is 9.74. The van der Waals surface area contributed by atoms with E-state index in [1.807, 2.05) is 6.92 Å². The van der Waals surface area contributed by atoms with Gasteiger partial charge in [-0.25, -0.2) is 9.49 Å². The van der Waals surface area contributed by atoms with E-state index in [9.17, 15) is 24.0 Å². The minimum absolute atomic E-state index is 0.0760. The zero-order chi connectivity index (χ0) is 31.0. The Morgan fingerprint density at radius 3 is 2.67 bits per heavy atom. The molecule has 1 aliphatic heterocycles. The number of hydrogen-bond acceptors (Lipinski definition) is 7. The lowest BCUT2D eigenvalue weighted by Gasteiger charge is -2.45. The summed E-state index contributed by atoms with van der Waals surface area (Å²) in [5.74, 6) is -0.830. The fourth-order valence-electron chi connectivity index (χ4n) is 5.91. The van der Waals surface area contributed by atoms with Crippen LogP contribution in [0.4, 0.5) is 4.39 Å². The van der Waals surface area contributed by atoms with Crippen molar-refractivity contribution in [1.29, 1.82) is 5.26 Å². The Bertz CT molecular complexity index is 1560. The topological polar surface area (TPSA) is 154 Å². The zero-order valence-electron chi connectivity index (χ0n) is 24.7. The number of nitrogens with two attached hydrogens (primary N) is 1. The van der Waals surface area contributed by atoms with Crippen molar-refractivity contribution in [3.05, 3.63) is 75.5 Å². The third kappa shape index (κ3) is 5.99. The zero-order valence-corrected chi connectivity index (χ0v) is 24.7. The van der Waals surface area contributed by atoms with E-state index in [4.69, 9.17) is 10.5 Å². The number of aromatic amines is 1. The Balaban J connectivity index is 1.57. The number of nitrogens with one attached hydrogen (secondary N) is 2. The molecule has 2 aromatic rings. The molecule has 10 nitrogen and oxygen atoms in total. The first-order valence-corrected chi connectivity index (χ1v) is 13.9. The number of H-pyrrole nitrogens is 1. The van der Waals surface area contributed by atoms with Crippen LogP contribution in [0.5, 0.6) is 11.5 Å². The van der Waals surface area contributed by atoms with E-state index in [1.165, 1.54) is 24.3 Å². The minimum atomic E-state index is -0.964. The lowest BCUT2D eigenvalue weighted by Crippen LogP contribution is -2.59. The van der Waals surface area contributed by atoms with Crippen molar-refractivity contribution < 1.29 is 18.7 Å². The number of aromatic nitrogens is 2. The van der Waals surface area contributed by atoms with Crippen LogP contribution in [-0.4, -0.2) is 51.1 Å². The summed E-state index contributed by atoms with van der Waals surface area (Å²) >= 11 is 0. The number of aryl methyl sites for hydroxylation is 2. The smallest absolute Gasteiger partial charge is 0.307 e. The molecule has 2 heterocycles. The van der Waals surface area contributed by atoms with Gasteiger partial charge >= 0.3 is 5.56 Å². The quantitative estimate of drug-likeness (QED) is 0.451. The molecule has 4 rings (SSSR count). The maximum Gasteiger partial charge on any atom is 0.307 e. The first-order valence-electron chi connectivity index (χ1n) is 13.9. The highest BCUT2D eigenvalue weighted by Crippen LogP contribution is 2.46. The summed E-state index contributed by atoms with van der Waals surface area (Å²) in [5, 5.41) is 18.9. The molecule has 42 heavy (non-hydrogen) atoms. The molecule has 2 aliphatic rings. The standard InChI is InChI=1S/C31H37FN6O4/c1-17-12-20(9-10-23(17)42-24-13-18(2)36-37-28(24)40)27(39)35-19(3)29(41)38-25(30(4,5)16-33)14-22(34)26(38)31(6)11-7-8-21(32)15-31/h7-10,12-13,15,19,22,25-26H,11,14,34H2,1-6H3,(H,35,39)(H,37,40)/t19-,22+,25-,26+,31?/m1/s1. The van der Waals surface area contributed by atoms with Crippen molar-refractivity contribution in [3.8, 4) is 17.6 Å². The van der Waals surface area contributed by atoms with E-state index in [0.29, 0.717) is 29.8 Å². The molecule has 1 aromatic heterocycles. The van der Waals surface area contributed by atoms with Crippen molar-refractivity contribution in [1.82, 2.24) is 20.4 Å². The number of benzene rings is 1. The summed E-state index contributed by atoms with van der Waals surface area (Å²) in [5.41, 5.74) is 5.86. The predicted molar refractivity (Wildman–Crippen MR) is 155 cm³/mol. The molecule has 1 saturated heterocycles. The molecule has 0 bridgehead atoms. The van der Waals surface area contributed by atoms with Crippen molar-refractivity contribution in [2.45, 2.75) is 78.6 Å². The minimum Gasteiger partial charge on any atom is -0.451 e. The molecule has 2 amide bonds. The number of hydrogen-bond donors (Lipinski definition) is 3. The van der Waals surface area contributed by atoms with Crippen LogP contribution in [0, 0.1) is 36.0 Å². The summed E-state index contributed by atoms with van der Waals surface area (Å²) < 4.78 is 20.2. The summed E-state index contributed by atoms with van der Waals surface area (Å²) in [7, 11) is 0. The summed E-state index contributed by atoms with van der Waals surface area (Å²) in [6.07, 6.45) is 5.45. The van der Waals surface area contributed by atoms with Crippen molar-refractivity contribution >= 4 is 11.8 Å². The molecule has 0 radical (unpaired) electrons. The lowest BCUT2D eigenvalue weighted by molar-refractivity contribution is -0.139. The van der Waals surface area contributed by atoms with Gasteiger partial charge in [-0.3, -0.25) is 14.4 Å². The Labute approximate surface area is 244 Å². The summed E-state index contributed by atoms with van der Waals surface area (Å²) in [6, 6.07) is 5.94. The van der Waals surface area contributed by atoms with Gasteiger partial charge in [0.2, 0.25) is 5.91 Å². The second-order valence-electron chi connectivity index (χ2n) is 12.1. The van der Waals surface area contributed by atoms with E-state index in [2.05, 4.69) is 21.6 Å². The average Bonchev–Trinajstić information content (AvgIpc) is 3.29. The van der Waals surface area contributed by atoms with Crippen LogP contribution in [0.2, 0.25) is 0 Å². The first kappa shape index (κ1) is 30.7. The molecule has 1 aliphatic carbocycles. The highest BCUT2D eigenvalue weighted by Gasteiger charge is 2.55. The van der Waals surface area contributed by atoms with E-state index in [-0.39, 0.29) is 11.3 Å². The third-order valence-electron chi connectivity index (χ3n) is 8.16. The third-order valence-corrected chi connectivity index (χ3v) is 8.16. The molecule has 1 aromatic carbocycles. The van der Waals surface area contributed by atoms with Gasteiger partial charge in [0.1, 0.15) is 17.6 Å². The normalized spacial score (nSPS) is 24.5. The molecule has 0 saturated carbocycles. The number of carbonyl (C=O) groups excluding carboxylic acids is 2. The number of likely N-dealkylation sites (tertiary alicyclic amines) is 1. The molecule has 5 atom stereocenters. The molecular formula is C31H37FN6O4. The van der Waals surface area contributed by atoms with Gasteiger partial charge in [-0.1, -0.05) is 13.0 Å². The van der Waals surface area contributed by atoms with Crippen LogP contribution in [0.3, 0.4) is 0 Å². The van der Waals surface area contributed by atoms with E-state index in [1.54, 1.807) is 57.7 Å². The fourth-order valence-corrected chi connectivity index (χ4v) is 5.91. The molecule has 1 fully saturated rings. The molecular weight excluding hydrogens is 539 g/mol. The van der Waals surface area contributed by atoms with E-state index < -0.39 is 58.2 Å². The first-order chi connectivity index (χ1) is 19.7. The average molecular weight is 577 g/mol. The highest BCUT2D eigenvalue weighted by atomic mass is 19.1. The maximum atomic E-state index is 14.4. The van der Waals surface area contributed by atoms with Crippen molar-refractivity contribution in [2.75, 3.05) is 0 Å². The van der Waals surface area contributed by atoms with Crippen LogP contribution < -0.4 is 21.3 Å². The largest absolute Gasteiger partial charge is 0.451 e. The summed E-state index contributed by atoms with van der Waals surface area (Å²) in [4.78, 5) is 41.0. The van der Waals surface area contributed by atoms with Crippen LogP contribution >= 0.6 is 0 Å². The van der Waals surface area contributed by atoms with Gasteiger partial charge in [-0.05, 0) is 83.4 Å². The highest BCUT2D eigenvalue weighted by molar-refractivity contribution is 5.98. The number of halogens is 1. The molecule has 222 valence electrons. The number of allylic oxidation sites excluding steroid dienone is 3. The number of rotatable bonds is 7. The number of amides is 2. The Morgan fingerprint density at radius 1 is 1.31 bits per heavy atom. The van der Waals surface area contributed by atoms with Gasteiger partial charge in [-0.15, -0.1) is 0 Å². The van der Waals surface area contributed by atoms with Crippen molar-refractivity contribution in [2.24, 2.45) is 16.6 Å². The van der Waals surface area contributed by atoms with Gasteiger partial charge in [0.15, 0.2) is 5.75 Å². The fraction of sp³-hybridized carbons (Fsp3) is 0.452. The predicted octanol–water partition coefficient (Wildman–Crippen LogP) is 3.96. The maximum absolute atomic E-state index is 14.4. The Morgan fingerprint density at radius 2 is 2.02 bits per heavy atom. The molecule has 0 spiro atoms. The second-order valence-corrected chi connectivity index (χ2v) is 12.1. The SMILES string of the molecule is Cc1cc(Oc2ccc(C(=O)N[C@H](C)C(=O)N3[C@H](C4(C)C=C(F)C=CC4)[C@@H](N)C[C@@H]3C(C)(C)C#N)cc2C)c(=O)[nH]n1. The van der Waals surface area contributed by atoms with Gasteiger partial charge < -0.3 is 20.7 Å². The number of nitrogens with zero attached hydrogens (tertiary/aromatic N) is 3. The number of carbonyl (C=O) groups is 2. The van der Waals surface area contributed by atoms with Crippen LogP contribution in [0.1, 0.15) is 62.2 Å². The van der Waals surface area contributed by atoms with Crippen LogP contribution in [-0.2, 0) is 4.79 Å². The summed E-state index contributed by atoms with van der Waals surface area (Å²) in [6.45, 7) is 10.4. The van der Waals surface area contributed by atoms with Gasteiger partial charge in [0.25, 0.3) is 5.91 Å². The monoisotopic (exact) mass is 576 g/mol. The Hall–Kier alpha value is -4.30. The Kier molecular flexibility index (Phi) is 8.41. The number of nitriles is 1. The molecule has 4 N–H and O–H groups in total. The van der Waals surface area contributed by atoms with E-state index >= 15 is 0 Å². The number of ether oxygens (including phenoxy) is 1. The van der Waals surface area contributed by atoms with Gasteiger partial charge in [0.05, 0.1) is 29.3 Å².